The minimum Gasteiger partial charge on any atom is -0.326 e. The highest BCUT2D eigenvalue weighted by atomic mass is 35.5. The van der Waals surface area contributed by atoms with Gasteiger partial charge in [-0.05, 0) is 30.8 Å². The summed E-state index contributed by atoms with van der Waals surface area (Å²) < 4.78 is 25.2. The molecule has 0 amide bonds. The number of hydrogen-bond acceptors (Lipinski definition) is 3. The van der Waals surface area contributed by atoms with Gasteiger partial charge in [0.2, 0.25) is 10.0 Å². The fourth-order valence-corrected chi connectivity index (χ4v) is 2.23. The Kier molecular flexibility index (Phi) is 3.49. The van der Waals surface area contributed by atoms with Gasteiger partial charge in [0.05, 0.1) is 4.90 Å². The zero-order valence-corrected chi connectivity index (χ0v) is 9.19. The van der Waals surface area contributed by atoms with Crippen molar-refractivity contribution in [2.45, 2.75) is 11.4 Å². The number of sulfonamides is 1. The Bertz CT molecular complexity index is 431. The molecule has 14 heavy (non-hydrogen) atoms. The molecular formula is C8H11ClN2O2S. The molecule has 0 aliphatic heterocycles. The molecule has 1 aromatic carbocycles. The highest BCUT2D eigenvalue weighted by Crippen LogP contribution is 2.19. The van der Waals surface area contributed by atoms with Gasteiger partial charge in [-0.3, -0.25) is 0 Å². The summed E-state index contributed by atoms with van der Waals surface area (Å²) in [4.78, 5) is 0.173. The fourth-order valence-electron chi connectivity index (χ4n) is 1.08. The molecule has 0 spiro atoms. The molecule has 0 fully saturated rings. The Labute approximate surface area is 88.1 Å². The summed E-state index contributed by atoms with van der Waals surface area (Å²) in [6, 6.07) is 4.51. The summed E-state index contributed by atoms with van der Waals surface area (Å²) >= 11 is 5.72. The van der Waals surface area contributed by atoms with E-state index in [9.17, 15) is 8.42 Å². The second-order valence-electron chi connectivity index (χ2n) is 2.66. The van der Waals surface area contributed by atoms with Crippen LogP contribution in [0.5, 0.6) is 0 Å². The van der Waals surface area contributed by atoms with Gasteiger partial charge >= 0.3 is 0 Å². The van der Waals surface area contributed by atoms with Gasteiger partial charge in [0, 0.05) is 11.6 Å². The van der Waals surface area contributed by atoms with Crippen molar-refractivity contribution in [1.29, 1.82) is 0 Å². The molecule has 0 bridgehead atoms. The first-order valence-corrected chi connectivity index (χ1v) is 5.79. The molecule has 0 aliphatic rings. The standard InChI is InChI=1S/C8H11ClN2O2S/c1-11-14(12,13)8-3-2-7(9)4-6(8)5-10/h2-4,11H,5,10H2,1H3. The predicted molar refractivity (Wildman–Crippen MR) is 55.6 cm³/mol. The van der Waals surface area contributed by atoms with Crippen LogP contribution in [0.4, 0.5) is 0 Å². The maximum absolute atomic E-state index is 11.5. The van der Waals surface area contributed by atoms with E-state index in [-0.39, 0.29) is 11.4 Å². The van der Waals surface area contributed by atoms with Gasteiger partial charge in [-0.2, -0.15) is 0 Å². The predicted octanol–water partition coefficient (Wildman–Crippen LogP) is 0.707. The summed E-state index contributed by atoms with van der Waals surface area (Å²) in [6.45, 7) is 0.136. The van der Waals surface area contributed by atoms with E-state index >= 15 is 0 Å². The Morgan fingerprint density at radius 2 is 2.14 bits per heavy atom. The second kappa shape index (κ2) is 4.27. The quantitative estimate of drug-likeness (QED) is 0.809. The van der Waals surface area contributed by atoms with Crippen LogP contribution in [0.2, 0.25) is 5.02 Å². The average Bonchev–Trinajstić information content (AvgIpc) is 2.17. The van der Waals surface area contributed by atoms with Crippen LogP contribution in [0.15, 0.2) is 23.1 Å². The molecule has 78 valence electrons. The van der Waals surface area contributed by atoms with Crippen molar-refractivity contribution >= 4 is 21.6 Å². The van der Waals surface area contributed by atoms with Crippen LogP contribution in [0, 0.1) is 0 Å². The number of benzene rings is 1. The molecule has 6 heteroatoms. The van der Waals surface area contributed by atoms with Crippen LogP contribution in [-0.4, -0.2) is 15.5 Å². The lowest BCUT2D eigenvalue weighted by atomic mass is 10.2. The topological polar surface area (TPSA) is 72.2 Å². The van der Waals surface area contributed by atoms with Crippen LogP contribution in [0.1, 0.15) is 5.56 Å². The molecule has 1 aromatic rings. The van der Waals surface area contributed by atoms with Crippen LogP contribution >= 0.6 is 11.6 Å². The second-order valence-corrected chi connectivity index (χ2v) is 4.96. The average molecular weight is 235 g/mol. The van der Waals surface area contributed by atoms with E-state index in [1.54, 1.807) is 6.07 Å². The number of nitrogens with one attached hydrogen (secondary N) is 1. The molecule has 3 N–H and O–H groups in total. The van der Waals surface area contributed by atoms with Crippen molar-refractivity contribution in [2.24, 2.45) is 5.73 Å². The van der Waals surface area contributed by atoms with Gasteiger partial charge in [0.15, 0.2) is 0 Å². The van der Waals surface area contributed by atoms with Crippen LogP contribution in [0.25, 0.3) is 0 Å². The molecule has 0 atom stereocenters. The fraction of sp³-hybridized carbons (Fsp3) is 0.250. The maximum Gasteiger partial charge on any atom is 0.240 e. The van der Waals surface area contributed by atoms with Crippen LogP contribution in [-0.2, 0) is 16.6 Å². The van der Waals surface area contributed by atoms with Crippen molar-refractivity contribution in [2.75, 3.05) is 7.05 Å². The largest absolute Gasteiger partial charge is 0.326 e. The highest BCUT2D eigenvalue weighted by molar-refractivity contribution is 7.89. The van der Waals surface area contributed by atoms with E-state index in [1.165, 1.54) is 19.2 Å². The van der Waals surface area contributed by atoms with Crippen molar-refractivity contribution in [1.82, 2.24) is 4.72 Å². The third-order valence-corrected chi connectivity index (χ3v) is 3.55. The molecule has 0 aliphatic carbocycles. The summed E-state index contributed by atoms with van der Waals surface area (Å²) in [7, 11) is -2.09. The van der Waals surface area contributed by atoms with Gasteiger partial charge in [-0.15, -0.1) is 0 Å². The third-order valence-electron chi connectivity index (χ3n) is 1.80. The van der Waals surface area contributed by atoms with Gasteiger partial charge < -0.3 is 5.73 Å². The van der Waals surface area contributed by atoms with Gasteiger partial charge in [0.1, 0.15) is 0 Å². The highest BCUT2D eigenvalue weighted by Gasteiger charge is 2.15. The first-order valence-electron chi connectivity index (χ1n) is 3.93. The lowest BCUT2D eigenvalue weighted by Crippen LogP contribution is -2.20. The van der Waals surface area contributed by atoms with E-state index in [1.807, 2.05) is 0 Å². The smallest absolute Gasteiger partial charge is 0.240 e. The minimum atomic E-state index is -3.45. The Balaban J connectivity index is 3.35. The molecule has 0 unspecified atom stereocenters. The van der Waals surface area contributed by atoms with Crippen molar-refractivity contribution in [3.63, 3.8) is 0 Å². The summed E-state index contributed by atoms with van der Waals surface area (Å²) in [5, 5.41) is 0.473. The summed E-state index contributed by atoms with van der Waals surface area (Å²) in [5.41, 5.74) is 5.93. The van der Waals surface area contributed by atoms with Crippen molar-refractivity contribution in [3.05, 3.63) is 28.8 Å². The van der Waals surface area contributed by atoms with E-state index in [0.29, 0.717) is 10.6 Å². The van der Waals surface area contributed by atoms with Crippen LogP contribution < -0.4 is 10.5 Å². The Hall–Kier alpha value is -0.620. The lowest BCUT2D eigenvalue weighted by molar-refractivity contribution is 0.587. The number of nitrogens with two attached hydrogens (primary N) is 1. The van der Waals surface area contributed by atoms with E-state index in [4.69, 9.17) is 17.3 Å². The van der Waals surface area contributed by atoms with Gasteiger partial charge in [-0.25, -0.2) is 13.1 Å². The number of halogens is 1. The minimum absolute atomic E-state index is 0.136. The number of hydrogen-bond donors (Lipinski definition) is 2. The van der Waals surface area contributed by atoms with Gasteiger partial charge in [0.25, 0.3) is 0 Å². The zero-order chi connectivity index (χ0) is 10.8. The molecule has 1 rings (SSSR count). The van der Waals surface area contributed by atoms with Crippen LogP contribution in [0.3, 0.4) is 0 Å². The number of rotatable bonds is 3. The molecule has 0 aromatic heterocycles. The van der Waals surface area contributed by atoms with Crippen molar-refractivity contribution < 1.29 is 8.42 Å². The zero-order valence-electron chi connectivity index (χ0n) is 7.62. The monoisotopic (exact) mass is 234 g/mol. The van der Waals surface area contributed by atoms with E-state index in [0.717, 1.165) is 0 Å². The normalized spacial score (nSPS) is 11.6. The van der Waals surface area contributed by atoms with E-state index < -0.39 is 10.0 Å². The molecule has 0 saturated carbocycles. The Morgan fingerprint density at radius 3 is 2.64 bits per heavy atom. The van der Waals surface area contributed by atoms with Gasteiger partial charge in [-0.1, -0.05) is 11.6 Å². The molecule has 0 saturated heterocycles. The SMILES string of the molecule is CNS(=O)(=O)c1ccc(Cl)cc1CN. The molecule has 0 radical (unpaired) electrons. The summed E-state index contributed by atoms with van der Waals surface area (Å²) in [5.74, 6) is 0. The third kappa shape index (κ3) is 2.24. The van der Waals surface area contributed by atoms with E-state index in [2.05, 4.69) is 4.72 Å². The molecular weight excluding hydrogens is 224 g/mol. The Morgan fingerprint density at radius 1 is 1.50 bits per heavy atom. The molecule has 4 nitrogen and oxygen atoms in total. The maximum atomic E-state index is 11.5. The first kappa shape index (κ1) is 11.5. The lowest BCUT2D eigenvalue weighted by Gasteiger charge is -2.07. The molecule has 0 heterocycles. The van der Waals surface area contributed by atoms with Crippen molar-refractivity contribution in [3.8, 4) is 0 Å². The first-order chi connectivity index (χ1) is 6.51. The summed E-state index contributed by atoms with van der Waals surface area (Å²) in [6.07, 6.45) is 0.